The van der Waals surface area contributed by atoms with E-state index in [4.69, 9.17) is 5.73 Å². The Balaban J connectivity index is 2.64. The molecule has 0 aliphatic carbocycles. The number of rotatable bonds is 2. The Morgan fingerprint density at radius 3 is 2.65 bits per heavy atom. The van der Waals surface area contributed by atoms with Gasteiger partial charge >= 0.3 is 0 Å². The Morgan fingerprint density at radius 2 is 2.00 bits per heavy atom. The van der Waals surface area contributed by atoms with Crippen molar-refractivity contribution in [3.63, 3.8) is 0 Å². The molecule has 0 amide bonds. The third kappa shape index (κ3) is 2.38. The van der Waals surface area contributed by atoms with E-state index in [1.807, 2.05) is 13.0 Å². The quantitative estimate of drug-likeness (QED) is 0.861. The minimum absolute atomic E-state index is 0.264. The van der Waals surface area contributed by atoms with Gasteiger partial charge in [0, 0.05) is 16.8 Å². The lowest BCUT2D eigenvalue weighted by atomic mass is 10.0. The number of fused-ring (bicyclic) bond motifs is 1. The highest BCUT2D eigenvalue weighted by molar-refractivity contribution is 5.92. The van der Waals surface area contributed by atoms with Crippen LogP contribution in [0, 0.1) is 18.7 Å². The van der Waals surface area contributed by atoms with Gasteiger partial charge in [-0.3, -0.25) is 4.98 Å². The molecule has 17 heavy (non-hydrogen) atoms. The van der Waals surface area contributed by atoms with Crippen LogP contribution in [0.1, 0.15) is 25.1 Å². The third-order valence-corrected chi connectivity index (χ3v) is 2.77. The first-order valence-corrected chi connectivity index (χ1v) is 5.82. The molecule has 2 rings (SSSR count). The molecule has 0 fully saturated rings. The highest BCUT2D eigenvalue weighted by atomic mass is 19.1. The molecule has 2 aromatic rings. The number of hydrogen-bond donors (Lipinski definition) is 1. The summed E-state index contributed by atoms with van der Waals surface area (Å²) >= 11 is 0. The fourth-order valence-corrected chi connectivity index (χ4v) is 2.06. The number of benzene rings is 1. The molecule has 0 aliphatic heterocycles. The number of nitrogen functional groups attached to an aromatic ring is 1. The van der Waals surface area contributed by atoms with Crippen LogP contribution in [0.15, 0.2) is 18.2 Å². The molecule has 1 aromatic heterocycles. The van der Waals surface area contributed by atoms with Crippen molar-refractivity contribution in [2.24, 2.45) is 5.92 Å². The zero-order valence-corrected chi connectivity index (χ0v) is 10.4. The summed E-state index contributed by atoms with van der Waals surface area (Å²) in [4.78, 5) is 4.57. The van der Waals surface area contributed by atoms with Gasteiger partial charge in [-0.15, -0.1) is 0 Å². The molecule has 3 heteroatoms. The monoisotopic (exact) mass is 232 g/mol. The Labute approximate surface area is 101 Å². The molecular weight excluding hydrogens is 215 g/mol. The van der Waals surface area contributed by atoms with E-state index in [1.165, 1.54) is 12.1 Å². The SMILES string of the molecule is Cc1cc(F)cc2c(N)cc(CC(C)C)nc12. The second-order valence-corrected chi connectivity index (χ2v) is 4.92. The van der Waals surface area contributed by atoms with Gasteiger partial charge in [0.15, 0.2) is 0 Å². The molecule has 0 radical (unpaired) electrons. The first kappa shape index (κ1) is 11.8. The second kappa shape index (κ2) is 4.32. The predicted molar refractivity (Wildman–Crippen MR) is 69.4 cm³/mol. The molecule has 1 aromatic carbocycles. The number of pyridine rings is 1. The minimum Gasteiger partial charge on any atom is -0.398 e. The van der Waals surface area contributed by atoms with E-state index in [0.29, 0.717) is 17.0 Å². The van der Waals surface area contributed by atoms with Crippen LogP contribution in [0.4, 0.5) is 10.1 Å². The van der Waals surface area contributed by atoms with E-state index in [9.17, 15) is 4.39 Å². The van der Waals surface area contributed by atoms with Gasteiger partial charge in [0.1, 0.15) is 5.82 Å². The lowest BCUT2D eigenvalue weighted by molar-refractivity contribution is 0.627. The van der Waals surface area contributed by atoms with E-state index < -0.39 is 0 Å². The van der Waals surface area contributed by atoms with E-state index in [-0.39, 0.29) is 5.82 Å². The van der Waals surface area contributed by atoms with Crippen molar-refractivity contribution in [3.8, 4) is 0 Å². The first-order valence-electron chi connectivity index (χ1n) is 5.82. The molecule has 0 saturated carbocycles. The van der Waals surface area contributed by atoms with Crippen LogP contribution >= 0.6 is 0 Å². The predicted octanol–water partition coefficient (Wildman–Crippen LogP) is 3.46. The van der Waals surface area contributed by atoms with Crippen LogP contribution in [0.5, 0.6) is 0 Å². The van der Waals surface area contributed by atoms with E-state index in [2.05, 4.69) is 18.8 Å². The van der Waals surface area contributed by atoms with Gasteiger partial charge < -0.3 is 5.73 Å². The highest BCUT2D eigenvalue weighted by Crippen LogP contribution is 2.25. The maximum absolute atomic E-state index is 13.3. The van der Waals surface area contributed by atoms with Gasteiger partial charge in [-0.05, 0) is 43.0 Å². The van der Waals surface area contributed by atoms with Gasteiger partial charge in [-0.1, -0.05) is 13.8 Å². The standard InChI is InChI=1S/C14H17FN2/c1-8(2)4-11-7-13(16)12-6-10(15)5-9(3)14(12)17-11/h5-8H,4H2,1-3H3,(H2,16,17). The van der Waals surface area contributed by atoms with Crippen molar-refractivity contribution >= 4 is 16.6 Å². The Morgan fingerprint density at radius 1 is 1.29 bits per heavy atom. The summed E-state index contributed by atoms with van der Waals surface area (Å²) in [6.45, 7) is 6.14. The van der Waals surface area contributed by atoms with Crippen molar-refractivity contribution in [3.05, 3.63) is 35.3 Å². The largest absolute Gasteiger partial charge is 0.398 e. The molecule has 0 unspecified atom stereocenters. The van der Waals surface area contributed by atoms with Crippen LogP contribution in [0.3, 0.4) is 0 Å². The second-order valence-electron chi connectivity index (χ2n) is 4.92. The highest BCUT2D eigenvalue weighted by Gasteiger charge is 2.08. The molecule has 1 heterocycles. The Kier molecular flexibility index (Phi) is 3.01. The fourth-order valence-electron chi connectivity index (χ4n) is 2.06. The molecule has 0 bridgehead atoms. The number of nitrogens with zero attached hydrogens (tertiary/aromatic N) is 1. The average Bonchev–Trinajstić information content (AvgIpc) is 2.19. The van der Waals surface area contributed by atoms with Crippen LogP contribution in [-0.4, -0.2) is 4.98 Å². The number of halogens is 1. The zero-order chi connectivity index (χ0) is 12.6. The maximum Gasteiger partial charge on any atom is 0.124 e. The van der Waals surface area contributed by atoms with Crippen LogP contribution in [0.2, 0.25) is 0 Å². The summed E-state index contributed by atoms with van der Waals surface area (Å²) in [7, 11) is 0. The Bertz CT molecular complexity index is 562. The molecule has 0 spiro atoms. The smallest absolute Gasteiger partial charge is 0.124 e. The molecule has 0 saturated heterocycles. The summed E-state index contributed by atoms with van der Waals surface area (Å²) < 4.78 is 13.3. The van der Waals surface area contributed by atoms with Crippen molar-refractivity contribution in [1.82, 2.24) is 4.98 Å². The minimum atomic E-state index is -0.264. The summed E-state index contributed by atoms with van der Waals surface area (Å²) in [5.41, 5.74) is 9.18. The Hall–Kier alpha value is -1.64. The van der Waals surface area contributed by atoms with Crippen LogP contribution in [0.25, 0.3) is 10.9 Å². The van der Waals surface area contributed by atoms with Crippen LogP contribution in [-0.2, 0) is 6.42 Å². The topological polar surface area (TPSA) is 38.9 Å². The van der Waals surface area contributed by atoms with E-state index >= 15 is 0 Å². The van der Waals surface area contributed by atoms with Gasteiger partial charge in [0.25, 0.3) is 0 Å². The van der Waals surface area contributed by atoms with Gasteiger partial charge in [0.2, 0.25) is 0 Å². The van der Waals surface area contributed by atoms with E-state index in [0.717, 1.165) is 23.2 Å². The number of aromatic nitrogens is 1. The lowest BCUT2D eigenvalue weighted by Gasteiger charge is -2.10. The molecule has 90 valence electrons. The lowest BCUT2D eigenvalue weighted by Crippen LogP contribution is -2.01. The molecule has 0 aliphatic rings. The number of aryl methyl sites for hydroxylation is 1. The summed E-state index contributed by atoms with van der Waals surface area (Å²) in [6, 6.07) is 4.79. The van der Waals surface area contributed by atoms with Gasteiger partial charge in [0.05, 0.1) is 5.52 Å². The summed E-state index contributed by atoms with van der Waals surface area (Å²) in [5, 5.41) is 0.704. The fraction of sp³-hybridized carbons (Fsp3) is 0.357. The normalized spacial score (nSPS) is 11.4. The molecule has 2 N–H and O–H groups in total. The van der Waals surface area contributed by atoms with E-state index in [1.54, 1.807) is 0 Å². The van der Waals surface area contributed by atoms with Gasteiger partial charge in [-0.25, -0.2) is 4.39 Å². The zero-order valence-electron chi connectivity index (χ0n) is 10.4. The number of anilines is 1. The van der Waals surface area contributed by atoms with Crippen molar-refractivity contribution < 1.29 is 4.39 Å². The summed E-state index contributed by atoms with van der Waals surface area (Å²) in [5.74, 6) is 0.264. The third-order valence-electron chi connectivity index (χ3n) is 2.77. The molecule has 2 nitrogen and oxygen atoms in total. The van der Waals surface area contributed by atoms with Crippen molar-refractivity contribution in [2.75, 3.05) is 5.73 Å². The summed E-state index contributed by atoms with van der Waals surface area (Å²) in [6.07, 6.45) is 0.886. The number of nitrogens with two attached hydrogens (primary N) is 1. The number of hydrogen-bond acceptors (Lipinski definition) is 2. The molecule has 0 atom stereocenters. The average molecular weight is 232 g/mol. The van der Waals surface area contributed by atoms with Crippen LogP contribution < -0.4 is 5.73 Å². The van der Waals surface area contributed by atoms with Crippen molar-refractivity contribution in [2.45, 2.75) is 27.2 Å². The maximum atomic E-state index is 13.3. The first-order chi connectivity index (χ1) is 7.97. The molecular formula is C14H17FN2. The van der Waals surface area contributed by atoms with Crippen molar-refractivity contribution in [1.29, 1.82) is 0 Å². The van der Waals surface area contributed by atoms with Gasteiger partial charge in [-0.2, -0.15) is 0 Å².